The number of aromatic hydroxyl groups is 1. The number of rotatable bonds is 1. The van der Waals surface area contributed by atoms with Crippen LogP contribution >= 0.6 is 11.6 Å². The van der Waals surface area contributed by atoms with E-state index in [-0.39, 0.29) is 5.75 Å². The molecule has 0 radical (unpaired) electrons. The van der Waals surface area contributed by atoms with E-state index in [4.69, 9.17) is 11.6 Å². The van der Waals surface area contributed by atoms with Crippen LogP contribution in [0, 0.1) is 0 Å². The summed E-state index contributed by atoms with van der Waals surface area (Å²) in [5.74, 6) is 0.239. The van der Waals surface area contributed by atoms with Gasteiger partial charge in [0, 0.05) is 10.4 Å². The lowest BCUT2D eigenvalue weighted by Crippen LogP contribution is -1.94. The first kappa shape index (κ1) is 10.2. The first-order chi connectivity index (χ1) is 8.24. The van der Waals surface area contributed by atoms with Crippen molar-refractivity contribution < 1.29 is 5.11 Å². The van der Waals surface area contributed by atoms with Crippen molar-refractivity contribution in [3.05, 3.63) is 53.7 Å². The van der Waals surface area contributed by atoms with E-state index < -0.39 is 0 Å². The summed E-state index contributed by atoms with van der Waals surface area (Å²) in [5, 5.41) is 15.3. The van der Waals surface area contributed by atoms with E-state index in [2.05, 4.69) is 5.10 Å². The minimum Gasteiger partial charge on any atom is -0.508 e. The van der Waals surface area contributed by atoms with Gasteiger partial charge in [0.15, 0.2) is 0 Å². The molecule has 3 aromatic rings. The maximum atomic E-state index is 9.26. The maximum Gasteiger partial charge on any atom is 0.115 e. The number of benzene rings is 2. The van der Waals surface area contributed by atoms with Gasteiger partial charge in [0.2, 0.25) is 0 Å². The second-order valence-corrected chi connectivity index (χ2v) is 4.21. The molecule has 1 aromatic heterocycles. The number of phenols is 1. The van der Waals surface area contributed by atoms with Crippen LogP contribution in [-0.4, -0.2) is 14.9 Å². The van der Waals surface area contributed by atoms with Crippen LogP contribution in [0.25, 0.3) is 16.6 Å². The Morgan fingerprint density at radius 2 is 1.82 bits per heavy atom. The standard InChI is InChI=1S/C13H9ClN2O/c14-10-2-1-9-8-15-16(13(9)7-10)11-3-5-12(17)6-4-11/h1-8,17H. The van der Waals surface area contributed by atoms with Crippen molar-refractivity contribution >= 4 is 22.5 Å². The Hall–Kier alpha value is -2.00. The lowest BCUT2D eigenvalue weighted by atomic mass is 10.2. The van der Waals surface area contributed by atoms with E-state index in [0.29, 0.717) is 5.02 Å². The average molecular weight is 245 g/mol. The largest absolute Gasteiger partial charge is 0.508 e. The molecule has 0 amide bonds. The summed E-state index contributed by atoms with van der Waals surface area (Å²) >= 11 is 5.98. The summed E-state index contributed by atoms with van der Waals surface area (Å²) < 4.78 is 1.79. The van der Waals surface area contributed by atoms with Gasteiger partial charge in [-0.25, -0.2) is 4.68 Å². The van der Waals surface area contributed by atoms with Crippen LogP contribution < -0.4 is 0 Å². The van der Waals surface area contributed by atoms with Gasteiger partial charge >= 0.3 is 0 Å². The number of hydrogen-bond acceptors (Lipinski definition) is 2. The molecule has 17 heavy (non-hydrogen) atoms. The quantitative estimate of drug-likeness (QED) is 0.713. The van der Waals surface area contributed by atoms with Gasteiger partial charge in [-0.05, 0) is 42.5 Å². The van der Waals surface area contributed by atoms with Crippen molar-refractivity contribution in [1.82, 2.24) is 9.78 Å². The smallest absolute Gasteiger partial charge is 0.115 e. The van der Waals surface area contributed by atoms with Gasteiger partial charge in [0.25, 0.3) is 0 Å². The van der Waals surface area contributed by atoms with Crippen molar-refractivity contribution in [2.24, 2.45) is 0 Å². The molecule has 0 spiro atoms. The molecular formula is C13H9ClN2O. The summed E-state index contributed by atoms with van der Waals surface area (Å²) in [5.41, 5.74) is 1.84. The molecule has 4 heteroatoms. The summed E-state index contributed by atoms with van der Waals surface area (Å²) in [6, 6.07) is 12.5. The van der Waals surface area contributed by atoms with Gasteiger partial charge < -0.3 is 5.11 Å². The van der Waals surface area contributed by atoms with E-state index in [1.807, 2.05) is 30.3 Å². The third kappa shape index (κ3) is 1.74. The van der Waals surface area contributed by atoms with Crippen LogP contribution in [0.15, 0.2) is 48.7 Å². The molecule has 1 N–H and O–H groups in total. The lowest BCUT2D eigenvalue weighted by Gasteiger charge is -2.03. The van der Waals surface area contributed by atoms with Gasteiger partial charge in [-0.3, -0.25) is 0 Å². The first-order valence-electron chi connectivity index (χ1n) is 5.17. The zero-order valence-electron chi connectivity index (χ0n) is 8.84. The molecule has 0 bridgehead atoms. The highest BCUT2D eigenvalue weighted by atomic mass is 35.5. The number of nitrogens with zero attached hydrogens (tertiary/aromatic N) is 2. The zero-order chi connectivity index (χ0) is 11.8. The molecule has 1 heterocycles. The fraction of sp³-hybridized carbons (Fsp3) is 0. The summed E-state index contributed by atoms with van der Waals surface area (Å²) in [4.78, 5) is 0. The fourth-order valence-corrected chi connectivity index (χ4v) is 1.96. The molecule has 0 atom stereocenters. The highest BCUT2D eigenvalue weighted by Crippen LogP contribution is 2.22. The Morgan fingerprint density at radius 3 is 2.59 bits per heavy atom. The second-order valence-electron chi connectivity index (χ2n) is 3.78. The van der Waals surface area contributed by atoms with Gasteiger partial charge in [-0.2, -0.15) is 5.10 Å². The molecule has 0 unspecified atom stereocenters. The molecule has 84 valence electrons. The van der Waals surface area contributed by atoms with Gasteiger partial charge in [-0.15, -0.1) is 0 Å². The van der Waals surface area contributed by atoms with Crippen molar-refractivity contribution in [1.29, 1.82) is 0 Å². The van der Waals surface area contributed by atoms with Gasteiger partial charge in [0.1, 0.15) is 5.75 Å². The van der Waals surface area contributed by atoms with E-state index in [0.717, 1.165) is 16.6 Å². The number of hydrogen-bond donors (Lipinski definition) is 1. The number of aromatic nitrogens is 2. The van der Waals surface area contributed by atoms with Crippen LogP contribution in [0.4, 0.5) is 0 Å². The summed E-state index contributed by atoms with van der Waals surface area (Å²) in [7, 11) is 0. The summed E-state index contributed by atoms with van der Waals surface area (Å²) in [6.45, 7) is 0. The van der Waals surface area contributed by atoms with Gasteiger partial charge in [-0.1, -0.05) is 11.6 Å². The summed E-state index contributed by atoms with van der Waals surface area (Å²) in [6.07, 6.45) is 1.79. The molecule has 0 fully saturated rings. The Labute approximate surface area is 103 Å². The van der Waals surface area contributed by atoms with Gasteiger partial charge in [0.05, 0.1) is 17.4 Å². The highest BCUT2D eigenvalue weighted by Gasteiger charge is 2.05. The maximum absolute atomic E-state index is 9.26. The van der Waals surface area contributed by atoms with E-state index >= 15 is 0 Å². The monoisotopic (exact) mass is 244 g/mol. The fourth-order valence-electron chi connectivity index (χ4n) is 1.79. The minimum atomic E-state index is 0.239. The number of fused-ring (bicyclic) bond motifs is 1. The molecule has 0 aliphatic heterocycles. The van der Waals surface area contributed by atoms with Crippen LogP contribution in [0.1, 0.15) is 0 Å². The van der Waals surface area contributed by atoms with Crippen LogP contribution in [0.3, 0.4) is 0 Å². The van der Waals surface area contributed by atoms with Crippen molar-refractivity contribution in [2.75, 3.05) is 0 Å². The Kier molecular flexibility index (Phi) is 2.27. The van der Waals surface area contributed by atoms with Crippen molar-refractivity contribution in [3.63, 3.8) is 0 Å². The lowest BCUT2D eigenvalue weighted by molar-refractivity contribution is 0.475. The van der Waals surface area contributed by atoms with E-state index in [1.54, 1.807) is 23.0 Å². The Balaban J connectivity index is 2.23. The zero-order valence-corrected chi connectivity index (χ0v) is 9.59. The molecular weight excluding hydrogens is 236 g/mol. The van der Waals surface area contributed by atoms with Crippen LogP contribution in [0.5, 0.6) is 5.75 Å². The molecule has 0 aliphatic carbocycles. The van der Waals surface area contributed by atoms with Crippen LogP contribution in [0.2, 0.25) is 5.02 Å². The average Bonchev–Trinajstić information content (AvgIpc) is 2.73. The second kappa shape index (κ2) is 3.79. The van der Waals surface area contributed by atoms with E-state index in [9.17, 15) is 5.11 Å². The first-order valence-corrected chi connectivity index (χ1v) is 5.54. The Morgan fingerprint density at radius 1 is 1.06 bits per heavy atom. The SMILES string of the molecule is Oc1ccc(-n2ncc3ccc(Cl)cc32)cc1. The molecule has 2 aromatic carbocycles. The molecule has 0 aliphatic rings. The number of halogens is 1. The predicted octanol–water partition coefficient (Wildman–Crippen LogP) is 3.38. The third-order valence-electron chi connectivity index (χ3n) is 2.63. The molecule has 3 nitrogen and oxygen atoms in total. The minimum absolute atomic E-state index is 0.239. The highest BCUT2D eigenvalue weighted by molar-refractivity contribution is 6.31. The van der Waals surface area contributed by atoms with E-state index in [1.165, 1.54) is 0 Å². The Bertz CT molecular complexity index is 673. The number of phenolic OH excluding ortho intramolecular Hbond substituents is 1. The molecule has 0 saturated heterocycles. The van der Waals surface area contributed by atoms with Crippen LogP contribution in [-0.2, 0) is 0 Å². The van der Waals surface area contributed by atoms with Crippen molar-refractivity contribution in [2.45, 2.75) is 0 Å². The topological polar surface area (TPSA) is 38.0 Å². The molecule has 3 rings (SSSR count). The normalized spacial score (nSPS) is 10.9. The molecule has 0 saturated carbocycles. The predicted molar refractivity (Wildman–Crippen MR) is 67.7 cm³/mol. The third-order valence-corrected chi connectivity index (χ3v) is 2.86. The van der Waals surface area contributed by atoms with Crippen molar-refractivity contribution in [3.8, 4) is 11.4 Å².